The SMILES string of the molecule is C=CC[Si](C)(C)/C=C/C=C1CCCCC1. The van der Waals surface area contributed by atoms with Crippen LogP contribution in [0.1, 0.15) is 32.1 Å². The van der Waals surface area contributed by atoms with Crippen molar-refractivity contribution in [3.05, 3.63) is 36.1 Å². The number of hydrogen-bond donors (Lipinski definition) is 0. The lowest BCUT2D eigenvalue weighted by molar-refractivity contribution is 0.599. The molecule has 0 aliphatic heterocycles. The van der Waals surface area contributed by atoms with E-state index >= 15 is 0 Å². The molecule has 0 saturated heterocycles. The Morgan fingerprint density at radius 2 is 1.87 bits per heavy atom. The minimum atomic E-state index is -1.13. The molecule has 0 heterocycles. The molecule has 0 spiro atoms. The first-order valence-electron chi connectivity index (χ1n) is 6.12. The Bertz CT molecular complexity index is 251. The van der Waals surface area contributed by atoms with Crippen molar-refractivity contribution in [2.24, 2.45) is 0 Å². The summed E-state index contributed by atoms with van der Waals surface area (Å²) in [6.45, 7) is 8.62. The fourth-order valence-corrected chi connectivity index (χ4v) is 3.55. The van der Waals surface area contributed by atoms with Gasteiger partial charge in [-0.3, -0.25) is 0 Å². The van der Waals surface area contributed by atoms with Crippen LogP contribution in [0, 0.1) is 0 Å². The monoisotopic (exact) mass is 220 g/mol. The first-order valence-corrected chi connectivity index (χ1v) is 9.41. The van der Waals surface area contributed by atoms with E-state index in [1.807, 2.05) is 0 Å². The average molecular weight is 220 g/mol. The predicted molar refractivity (Wildman–Crippen MR) is 72.8 cm³/mol. The van der Waals surface area contributed by atoms with Gasteiger partial charge in [-0.25, -0.2) is 0 Å². The van der Waals surface area contributed by atoms with E-state index in [0.29, 0.717) is 0 Å². The zero-order chi connectivity index (χ0) is 11.1. The van der Waals surface area contributed by atoms with Gasteiger partial charge in [-0.1, -0.05) is 49.0 Å². The van der Waals surface area contributed by atoms with Gasteiger partial charge in [0.1, 0.15) is 0 Å². The molecule has 0 bridgehead atoms. The van der Waals surface area contributed by atoms with E-state index in [0.717, 1.165) is 0 Å². The molecule has 1 saturated carbocycles. The molecule has 1 fully saturated rings. The predicted octanol–water partition coefficient (Wildman–Crippen LogP) is 4.87. The smallest absolute Gasteiger partial charge is 0.0754 e. The molecule has 0 aromatic heterocycles. The third-order valence-electron chi connectivity index (χ3n) is 3.05. The Kier molecular flexibility index (Phi) is 5.10. The summed E-state index contributed by atoms with van der Waals surface area (Å²) >= 11 is 0. The van der Waals surface area contributed by atoms with Gasteiger partial charge in [0.05, 0.1) is 8.07 Å². The van der Waals surface area contributed by atoms with Gasteiger partial charge in [0.15, 0.2) is 0 Å². The summed E-state index contributed by atoms with van der Waals surface area (Å²) in [7, 11) is -1.13. The lowest BCUT2D eigenvalue weighted by Crippen LogP contribution is -2.20. The molecule has 84 valence electrons. The van der Waals surface area contributed by atoms with Crippen LogP contribution in [0.2, 0.25) is 19.1 Å². The summed E-state index contributed by atoms with van der Waals surface area (Å²) in [6, 6.07) is 1.19. The highest BCUT2D eigenvalue weighted by molar-refractivity contribution is 6.82. The molecule has 0 aromatic carbocycles. The quantitative estimate of drug-likeness (QED) is 0.468. The molecule has 0 unspecified atom stereocenters. The van der Waals surface area contributed by atoms with Crippen molar-refractivity contribution in [1.29, 1.82) is 0 Å². The van der Waals surface area contributed by atoms with Crippen LogP contribution in [0.5, 0.6) is 0 Å². The van der Waals surface area contributed by atoms with Crippen LogP contribution in [0.15, 0.2) is 36.1 Å². The Hall–Kier alpha value is -0.563. The first kappa shape index (κ1) is 12.5. The number of hydrogen-bond acceptors (Lipinski definition) is 0. The second-order valence-electron chi connectivity index (χ2n) is 5.23. The van der Waals surface area contributed by atoms with Crippen LogP contribution in [0.25, 0.3) is 0 Å². The third-order valence-corrected chi connectivity index (χ3v) is 5.48. The van der Waals surface area contributed by atoms with Crippen LogP contribution in [-0.4, -0.2) is 8.07 Å². The zero-order valence-corrected chi connectivity index (χ0v) is 11.3. The lowest BCUT2D eigenvalue weighted by atomic mass is 9.95. The minimum Gasteiger partial charge on any atom is -0.103 e. The summed E-state index contributed by atoms with van der Waals surface area (Å²) in [5, 5.41) is 0. The summed E-state index contributed by atoms with van der Waals surface area (Å²) in [4.78, 5) is 0. The summed E-state index contributed by atoms with van der Waals surface area (Å²) in [6.07, 6.45) is 13.6. The fourth-order valence-electron chi connectivity index (χ4n) is 2.06. The van der Waals surface area contributed by atoms with Crippen molar-refractivity contribution in [2.75, 3.05) is 0 Å². The van der Waals surface area contributed by atoms with Crippen molar-refractivity contribution < 1.29 is 0 Å². The van der Waals surface area contributed by atoms with Crippen LogP contribution in [0.3, 0.4) is 0 Å². The van der Waals surface area contributed by atoms with Gasteiger partial charge < -0.3 is 0 Å². The van der Waals surface area contributed by atoms with Crippen molar-refractivity contribution in [3.8, 4) is 0 Å². The zero-order valence-electron chi connectivity index (χ0n) is 10.3. The molecule has 0 atom stereocenters. The molecule has 0 radical (unpaired) electrons. The molecule has 0 aromatic rings. The molecule has 0 amide bonds. The molecule has 0 nitrogen and oxygen atoms in total. The van der Waals surface area contributed by atoms with E-state index in [1.54, 1.807) is 5.57 Å². The topological polar surface area (TPSA) is 0 Å². The summed E-state index contributed by atoms with van der Waals surface area (Å²) in [5.74, 6) is 0. The normalized spacial score (nSPS) is 18.1. The van der Waals surface area contributed by atoms with Gasteiger partial charge in [0.25, 0.3) is 0 Å². The van der Waals surface area contributed by atoms with E-state index < -0.39 is 8.07 Å². The molecule has 1 aliphatic carbocycles. The molecule has 1 aliphatic rings. The molecule has 15 heavy (non-hydrogen) atoms. The van der Waals surface area contributed by atoms with Crippen molar-refractivity contribution in [3.63, 3.8) is 0 Å². The molecular weight excluding hydrogens is 196 g/mol. The second-order valence-corrected chi connectivity index (χ2v) is 9.94. The van der Waals surface area contributed by atoms with Crippen LogP contribution >= 0.6 is 0 Å². The fraction of sp³-hybridized carbons (Fsp3) is 0.571. The maximum atomic E-state index is 3.83. The second kappa shape index (κ2) is 6.11. The van der Waals surface area contributed by atoms with Gasteiger partial charge in [-0.2, -0.15) is 0 Å². The van der Waals surface area contributed by atoms with Gasteiger partial charge >= 0.3 is 0 Å². The van der Waals surface area contributed by atoms with E-state index in [1.165, 1.54) is 38.1 Å². The Morgan fingerprint density at radius 3 is 2.47 bits per heavy atom. The highest BCUT2D eigenvalue weighted by atomic mass is 28.3. The van der Waals surface area contributed by atoms with Gasteiger partial charge in [-0.05, 0) is 31.7 Å². The summed E-state index contributed by atoms with van der Waals surface area (Å²) in [5.41, 5.74) is 4.09. The summed E-state index contributed by atoms with van der Waals surface area (Å²) < 4.78 is 0. The van der Waals surface area contributed by atoms with E-state index in [4.69, 9.17) is 0 Å². The van der Waals surface area contributed by atoms with Crippen LogP contribution in [0.4, 0.5) is 0 Å². The van der Waals surface area contributed by atoms with Gasteiger partial charge in [0, 0.05) is 0 Å². The van der Waals surface area contributed by atoms with Crippen LogP contribution in [-0.2, 0) is 0 Å². The highest BCUT2D eigenvalue weighted by Crippen LogP contribution is 2.22. The Morgan fingerprint density at radius 1 is 1.20 bits per heavy atom. The maximum Gasteiger partial charge on any atom is 0.0754 e. The van der Waals surface area contributed by atoms with E-state index in [9.17, 15) is 0 Å². The van der Waals surface area contributed by atoms with Crippen molar-refractivity contribution in [2.45, 2.75) is 51.2 Å². The third kappa shape index (κ3) is 5.17. The average Bonchev–Trinajstić information content (AvgIpc) is 2.19. The lowest BCUT2D eigenvalue weighted by Gasteiger charge is -2.15. The minimum absolute atomic E-state index is 1.13. The van der Waals surface area contributed by atoms with Gasteiger partial charge in [-0.15, -0.1) is 6.58 Å². The van der Waals surface area contributed by atoms with Gasteiger partial charge in [0.2, 0.25) is 0 Å². The molecule has 0 N–H and O–H groups in total. The maximum absolute atomic E-state index is 3.83. The number of allylic oxidation sites excluding steroid dienone is 4. The van der Waals surface area contributed by atoms with Crippen molar-refractivity contribution >= 4 is 8.07 Å². The molecule has 1 rings (SSSR count). The van der Waals surface area contributed by atoms with Crippen molar-refractivity contribution in [1.82, 2.24) is 0 Å². The van der Waals surface area contributed by atoms with Crippen LogP contribution < -0.4 is 0 Å². The highest BCUT2D eigenvalue weighted by Gasteiger charge is 2.13. The number of rotatable bonds is 4. The first-order chi connectivity index (χ1) is 7.14. The molecular formula is C14H24Si. The Balaban J connectivity index is 2.46. The standard InChI is InChI=1S/C14H24Si/c1-4-12-15(2,3)13-8-11-14-9-6-5-7-10-14/h4,8,11,13H,1,5-7,9-10,12H2,2-3H3/b13-8+. The van der Waals surface area contributed by atoms with E-state index in [2.05, 4.69) is 43.6 Å². The molecule has 1 heteroatoms. The van der Waals surface area contributed by atoms with E-state index in [-0.39, 0.29) is 0 Å². The Labute approximate surface area is 95.8 Å². The largest absolute Gasteiger partial charge is 0.103 e.